The molecule has 1 rings (SSSR count). The molecule has 0 spiro atoms. The molecule has 0 radical (unpaired) electrons. The lowest BCUT2D eigenvalue weighted by atomic mass is 10.1. The van der Waals surface area contributed by atoms with Gasteiger partial charge in [-0.1, -0.05) is 0 Å². The van der Waals surface area contributed by atoms with Gasteiger partial charge in [-0.05, 0) is 19.1 Å². The molecule has 0 heterocycles. The molecule has 0 bridgehead atoms. The SMILES string of the molecule is CC(CC(N)=O)NC(=O)c1cc(F)c(F)c(F)c1. The van der Waals surface area contributed by atoms with Gasteiger partial charge in [-0.15, -0.1) is 0 Å². The zero-order valence-corrected chi connectivity index (χ0v) is 9.47. The van der Waals surface area contributed by atoms with Crippen molar-refractivity contribution in [3.8, 4) is 0 Å². The van der Waals surface area contributed by atoms with E-state index in [0.29, 0.717) is 12.1 Å². The van der Waals surface area contributed by atoms with Crippen molar-refractivity contribution < 1.29 is 22.8 Å². The average molecular weight is 260 g/mol. The third-order valence-electron chi connectivity index (χ3n) is 2.13. The predicted octanol–water partition coefficient (Wildman–Crippen LogP) is 1.10. The first-order valence-electron chi connectivity index (χ1n) is 5.05. The molecule has 98 valence electrons. The fourth-order valence-corrected chi connectivity index (χ4v) is 1.35. The van der Waals surface area contributed by atoms with Crippen molar-refractivity contribution in [2.45, 2.75) is 19.4 Å². The Bertz CT molecular complexity index is 468. The molecule has 0 aliphatic carbocycles. The molecule has 1 atom stereocenters. The minimum absolute atomic E-state index is 0.113. The number of benzene rings is 1. The highest BCUT2D eigenvalue weighted by Gasteiger charge is 2.17. The molecule has 1 aromatic carbocycles. The number of nitrogens with two attached hydrogens (primary N) is 1. The van der Waals surface area contributed by atoms with Gasteiger partial charge >= 0.3 is 0 Å². The van der Waals surface area contributed by atoms with Crippen LogP contribution in [-0.4, -0.2) is 17.9 Å². The molecule has 0 aliphatic heterocycles. The van der Waals surface area contributed by atoms with E-state index in [9.17, 15) is 22.8 Å². The smallest absolute Gasteiger partial charge is 0.251 e. The number of amides is 2. The molecule has 0 fully saturated rings. The van der Waals surface area contributed by atoms with Crippen LogP contribution >= 0.6 is 0 Å². The van der Waals surface area contributed by atoms with Crippen LogP contribution in [0.15, 0.2) is 12.1 Å². The molecular weight excluding hydrogens is 249 g/mol. The highest BCUT2D eigenvalue weighted by molar-refractivity contribution is 5.94. The molecule has 2 amide bonds. The number of primary amides is 1. The molecular formula is C11H11F3N2O2. The number of rotatable bonds is 4. The Morgan fingerprint density at radius 1 is 1.28 bits per heavy atom. The topological polar surface area (TPSA) is 72.2 Å². The maximum Gasteiger partial charge on any atom is 0.251 e. The first-order valence-corrected chi connectivity index (χ1v) is 5.05. The summed E-state index contributed by atoms with van der Waals surface area (Å²) in [5.74, 6) is -6.00. The molecule has 18 heavy (non-hydrogen) atoms. The molecule has 0 aromatic heterocycles. The van der Waals surface area contributed by atoms with E-state index >= 15 is 0 Å². The Morgan fingerprint density at radius 3 is 2.22 bits per heavy atom. The van der Waals surface area contributed by atoms with Crippen LogP contribution in [0.3, 0.4) is 0 Å². The second kappa shape index (κ2) is 5.52. The van der Waals surface area contributed by atoms with Crippen molar-refractivity contribution in [1.29, 1.82) is 0 Å². The van der Waals surface area contributed by atoms with Gasteiger partial charge in [0.25, 0.3) is 5.91 Å². The van der Waals surface area contributed by atoms with E-state index in [-0.39, 0.29) is 12.0 Å². The van der Waals surface area contributed by atoms with E-state index in [2.05, 4.69) is 5.32 Å². The van der Waals surface area contributed by atoms with Crippen molar-refractivity contribution >= 4 is 11.8 Å². The van der Waals surface area contributed by atoms with Crippen LogP contribution < -0.4 is 11.1 Å². The quantitative estimate of drug-likeness (QED) is 0.795. The Hall–Kier alpha value is -2.05. The third kappa shape index (κ3) is 3.47. The normalized spacial score (nSPS) is 12.0. The summed E-state index contributed by atoms with van der Waals surface area (Å²) < 4.78 is 38.4. The summed E-state index contributed by atoms with van der Waals surface area (Å²) in [4.78, 5) is 22.1. The maximum absolute atomic E-state index is 12.9. The average Bonchev–Trinajstić information content (AvgIpc) is 2.23. The van der Waals surface area contributed by atoms with Gasteiger partial charge in [-0.2, -0.15) is 0 Å². The first kappa shape index (κ1) is 14.0. The van der Waals surface area contributed by atoms with Crippen molar-refractivity contribution in [3.63, 3.8) is 0 Å². The van der Waals surface area contributed by atoms with E-state index in [4.69, 9.17) is 5.73 Å². The fraction of sp³-hybridized carbons (Fsp3) is 0.273. The van der Waals surface area contributed by atoms with Crippen LogP contribution in [0, 0.1) is 17.5 Å². The van der Waals surface area contributed by atoms with Crippen LogP contribution in [0.4, 0.5) is 13.2 Å². The molecule has 7 heteroatoms. The number of hydrogen-bond acceptors (Lipinski definition) is 2. The van der Waals surface area contributed by atoms with Gasteiger partial charge in [-0.25, -0.2) is 13.2 Å². The van der Waals surface area contributed by atoms with Crippen molar-refractivity contribution in [2.24, 2.45) is 5.73 Å². The van der Waals surface area contributed by atoms with Gasteiger partial charge in [0.15, 0.2) is 17.5 Å². The van der Waals surface area contributed by atoms with Gasteiger partial charge in [0.2, 0.25) is 5.91 Å². The Kier molecular flexibility index (Phi) is 4.30. The second-order valence-electron chi connectivity index (χ2n) is 3.80. The number of carbonyl (C=O) groups is 2. The van der Waals surface area contributed by atoms with Gasteiger partial charge in [0.05, 0.1) is 0 Å². The summed E-state index contributed by atoms with van der Waals surface area (Å²) in [6.07, 6.45) is -0.113. The van der Waals surface area contributed by atoms with Crippen LogP contribution in [-0.2, 0) is 4.79 Å². The van der Waals surface area contributed by atoms with Crippen LogP contribution in [0.2, 0.25) is 0 Å². The highest BCUT2D eigenvalue weighted by atomic mass is 19.2. The van der Waals surface area contributed by atoms with E-state index in [1.54, 1.807) is 0 Å². The first-order chi connectivity index (χ1) is 8.31. The Morgan fingerprint density at radius 2 is 1.78 bits per heavy atom. The van der Waals surface area contributed by atoms with Crippen LogP contribution in [0.5, 0.6) is 0 Å². The number of halogens is 3. The summed E-state index contributed by atoms with van der Waals surface area (Å²) in [5.41, 5.74) is 4.54. The second-order valence-corrected chi connectivity index (χ2v) is 3.80. The van der Waals surface area contributed by atoms with E-state index in [1.807, 2.05) is 0 Å². The van der Waals surface area contributed by atoms with Gasteiger partial charge in [-0.3, -0.25) is 9.59 Å². The van der Waals surface area contributed by atoms with E-state index < -0.39 is 35.3 Å². The largest absolute Gasteiger partial charge is 0.370 e. The summed E-state index contributed by atoms with van der Waals surface area (Å²) >= 11 is 0. The van der Waals surface area contributed by atoms with Crippen LogP contribution in [0.1, 0.15) is 23.7 Å². The number of nitrogens with one attached hydrogen (secondary N) is 1. The van der Waals surface area contributed by atoms with Crippen molar-refractivity contribution in [3.05, 3.63) is 35.1 Å². The lowest BCUT2D eigenvalue weighted by Crippen LogP contribution is -2.35. The zero-order chi connectivity index (χ0) is 13.9. The highest BCUT2D eigenvalue weighted by Crippen LogP contribution is 2.13. The van der Waals surface area contributed by atoms with E-state index in [0.717, 1.165) is 0 Å². The number of carbonyl (C=O) groups excluding carboxylic acids is 2. The minimum atomic E-state index is -1.64. The molecule has 0 saturated carbocycles. The third-order valence-corrected chi connectivity index (χ3v) is 2.13. The summed E-state index contributed by atoms with van der Waals surface area (Å²) in [7, 11) is 0. The molecule has 0 aliphatic rings. The molecule has 1 unspecified atom stereocenters. The minimum Gasteiger partial charge on any atom is -0.370 e. The predicted molar refractivity (Wildman–Crippen MR) is 57.1 cm³/mol. The lowest BCUT2D eigenvalue weighted by Gasteiger charge is -2.12. The lowest BCUT2D eigenvalue weighted by molar-refractivity contribution is -0.118. The summed E-state index contributed by atoms with van der Waals surface area (Å²) in [6, 6.07) is 0.557. The van der Waals surface area contributed by atoms with Crippen LogP contribution in [0.25, 0.3) is 0 Å². The standard InChI is InChI=1S/C11H11F3N2O2/c1-5(2-9(15)17)16-11(18)6-3-7(12)10(14)8(13)4-6/h3-5H,2H2,1H3,(H2,15,17)(H,16,18). The molecule has 1 aromatic rings. The van der Waals surface area contributed by atoms with Gasteiger partial charge in [0.1, 0.15) is 0 Å². The van der Waals surface area contributed by atoms with Crippen molar-refractivity contribution in [2.75, 3.05) is 0 Å². The van der Waals surface area contributed by atoms with E-state index in [1.165, 1.54) is 6.92 Å². The van der Waals surface area contributed by atoms with Gasteiger partial charge < -0.3 is 11.1 Å². The molecule has 4 nitrogen and oxygen atoms in total. The number of hydrogen-bond donors (Lipinski definition) is 2. The zero-order valence-electron chi connectivity index (χ0n) is 9.47. The maximum atomic E-state index is 12.9. The Balaban J connectivity index is 2.82. The molecule has 3 N–H and O–H groups in total. The Labute approximate surface area is 101 Å². The van der Waals surface area contributed by atoms with Gasteiger partial charge in [0, 0.05) is 18.0 Å². The fourth-order valence-electron chi connectivity index (χ4n) is 1.35. The summed E-state index contributed by atoms with van der Waals surface area (Å²) in [5, 5.41) is 2.31. The molecule has 0 saturated heterocycles. The van der Waals surface area contributed by atoms with Crippen molar-refractivity contribution in [1.82, 2.24) is 5.32 Å². The summed E-state index contributed by atoms with van der Waals surface area (Å²) in [6.45, 7) is 1.50. The monoisotopic (exact) mass is 260 g/mol.